The number of benzene rings is 2. The van der Waals surface area contributed by atoms with Crippen molar-refractivity contribution in [3.8, 4) is 11.5 Å². The summed E-state index contributed by atoms with van der Waals surface area (Å²) in [5, 5.41) is 11.4. The average molecular weight is 588 g/mol. The minimum atomic E-state index is -0.300. The number of carbonyl (C=O) groups excluding carboxylic acids is 3. The lowest BCUT2D eigenvalue weighted by Crippen LogP contribution is -2.31. The maximum Gasteiger partial charge on any atom is 0.224 e. The van der Waals surface area contributed by atoms with E-state index in [1.54, 1.807) is 25.1 Å². The van der Waals surface area contributed by atoms with Gasteiger partial charge in [0.15, 0.2) is 5.78 Å². The molecule has 2 aliphatic heterocycles. The molecular formula is C28H35BrN4O5. The molecule has 2 aromatic carbocycles. The number of halogens is 1. The molecule has 38 heavy (non-hydrogen) atoms. The van der Waals surface area contributed by atoms with Gasteiger partial charge in [-0.05, 0) is 36.8 Å². The number of amides is 2. The highest BCUT2D eigenvalue weighted by Gasteiger charge is 2.36. The third-order valence-electron chi connectivity index (χ3n) is 7.01. The number of carbonyl (C=O) groups is 3. The standard InChI is InChI=1S/C28H34N4O5.BrH/c1-7-36-24-11-19-13-32(27(29)20(19)8-18(24)12-25(35)30-5)14-23(34)17-9-21-26(37-15-28(21,3)4)22(10-17)31(6)16(2)33;/h8-11,29H,7,12-15H2,1-6H3,(H,30,35);1H. The fourth-order valence-electron chi connectivity index (χ4n) is 4.74. The zero-order valence-electron chi connectivity index (χ0n) is 22.7. The number of rotatable bonds is 8. The lowest BCUT2D eigenvalue weighted by Gasteiger charge is -2.22. The molecule has 204 valence electrons. The first-order valence-corrected chi connectivity index (χ1v) is 12.4. The molecule has 0 unspecified atom stereocenters. The second-order valence-electron chi connectivity index (χ2n) is 10.2. The Morgan fingerprint density at radius 3 is 2.55 bits per heavy atom. The van der Waals surface area contributed by atoms with Gasteiger partial charge in [-0.3, -0.25) is 19.8 Å². The molecule has 2 aliphatic rings. The van der Waals surface area contributed by atoms with Gasteiger partial charge in [0.25, 0.3) is 0 Å². The Morgan fingerprint density at radius 2 is 1.92 bits per heavy atom. The molecule has 0 radical (unpaired) electrons. The van der Waals surface area contributed by atoms with E-state index in [9.17, 15) is 14.4 Å². The van der Waals surface area contributed by atoms with Crippen molar-refractivity contribution < 1.29 is 23.9 Å². The Labute approximate surface area is 233 Å². The van der Waals surface area contributed by atoms with Crippen LogP contribution < -0.4 is 19.7 Å². The van der Waals surface area contributed by atoms with Crippen LogP contribution in [-0.2, 0) is 28.0 Å². The Bertz CT molecular complexity index is 1310. The summed E-state index contributed by atoms with van der Waals surface area (Å²) in [5.41, 5.74) is 3.90. The summed E-state index contributed by atoms with van der Waals surface area (Å²) in [6.45, 7) is 8.75. The second-order valence-corrected chi connectivity index (χ2v) is 10.2. The molecule has 0 aliphatic carbocycles. The van der Waals surface area contributed by atoms with Crippen LogP contribution in [0.25, 0.3) is 0 Å². The summed E-state index contributed by atoms with van der Waals surface area (Å²) in [7, 11) is 3.25. The molecule has 0 saturated heterocycles. The molecule has 0 saturated carbocycles. The minimum absolute atomic E-state index is 0. The van der Waals surface area contributed by atoms with Crippen molar-refractivity contribution in [2.75, 3.05) is 38.8 Å². The van der Waals surface area contributed by atoms with Gasteiger partial charge >= 0.3 is 0 Å². The molecule has 0 aromatic heterocycles. The number of ether oxygens (including phenoxy) is 2. The highest BCUT2D eigenvalue weighted by Crippen LogP contribution is 2.45. The summed E-state index contributed by atoms with van der Waals surface area (Å²) < 4.78 is 11.7. The number of anilines is 1. The zero-order chi connectivity index (χ0) is 27.1. The van der Waals surface area contributed by atoms with Gasteiger partial charge in [0.2, 0.25) is 11.8 Å². The zero-order valence-corrected chi connectivity index (χ0v) is 24.4. The first kappa shape index (κ1) is 29.2. The van der Waals surface area contributed by atoms with Crippen LogP contribution in [0.3, 0.4) is 0 Å². The highest BCUT2D eigenvalue weighted by atomic mass is 79.9. The van der Waals surface area contributed by atoms with E-state index in [1.807, 2.05) is 39.0 Å². The van der Waals surface area contributed by atoms with Gasteiger partial charge in [0, 0.05) is 55.2 Å². The number of nitrogens with one attached hydrogen (secondary N) is 2. The van der Waals surface area contributed by atoms with E-state index in [4.69, 9.17) is 14.9 Å². The molecular weight excluding hydrogens is 552 g/mol. The van der Waals surface area contributed by atoms with Crippen molar-refractivity contribution in [1.29, 1.82) is 5.41 Å². The number of likely N-dealkylation sites (N-methyl/N-ethyl adjacent to an activating group) is 1. The van der Waals surface area contributed by atoms with E-state index in [2.05, 4.69) is 5.32 Å². The van der Waals surface area contributed by atoms with Crippen LogP contribution in [0.4, 0.5) is 5.69 Å². The molecule has 9 nitrogen and oxygen atoms in total. The number of Topliss-reactive ketones (excluding diaryl/α,β-unsaturated/α-hetero) is 1. The summed E-state index contributed by atoms with van der Waals surface area (Å²) >= 11 is 0. The Balaban J connectivity index is 0.00000400. The van der Waals surface area contributed by atoms with Crippen molar-refractivity contribution in [2.24, 2.45) is 0 Å². The first-order chi connectivity index (χ1) is 17.5. The van der Waals surface area contributed by atoms with Crippen molar-refractivity contribution in [3.63, 3.8) is 0 Å². The molecule has 2 amide bonds. The molecule has 4 rings (SSSR count). The van der Waals surface area contributed by atoms with E-state index < -0.39 is 0 Å². The van der Waals surface area contributed by atoms with Gasteiger partial charge in [-0.2, -0.15) is 0 Å². The topological polar surface area (TPSA) is 112 Å². The predicted octanol–water partition coefficient (Wildman–Crippen LogP) is 3.63. The fourth-order valence-corrected chi connectivity index (χ4v) is 4.74. The SMILES string of the molecule is Br.CCOc1cc2c(cc1CC(=O)NC)C(=N)N(CC(=O)c1cc(N(C)C(C)=O)c3c(c1)C(C)(C)CO3)C2. The van der Waals surface area contributed by atoms with Gasteiger partial charge in [-0.1, -0.05) is 13.8 Å². The highest BCUT2D eigenvalue weighted by molar-refractivity contribution is 8.93. The number of hydrogen-bond acceptors (Lipinski definition) is 6. The number of nitrogens with zero attached hydrogens (tertiary/aromatic N) is 2. The Hall–Kier alpha value is -3.40. The van der Waals surface area contributed by atoms with Crippen LogP contribution in [0.2, 0.25) is 0 Å². The van der Waals surface area contributed by atoms with Crippen LogP contribution >= 0.6 is 17.0 Å². The molecule has 0 bridgehead atoms. The van der Waals surface area contributed by atoms with Gasteiger partial charge < -0.3 is 24.6 Å². The van der Waals surface area contributed by atoms with E-state index in [1.165, 1.54) is 11.8 Å². The van der Waals surface area contributed by atoms with E-state index in [0.717, 1.165) is 11.1 Å². The summed E-state index contributed by atoms with van der Waals surface area (Å²) in [5.74, 6) is 1.02. The predicted molar refractivity (Wildman–Crippen MR) is 151 cm³/mol. The fraction of sp³-hybridized carbons (Fsp3) is 0.429. The van der Waals surface area contributed by atoms with Gasteiger partial charge in [-0.25, -0.2) is 0 Å². The molecule has 10 heteroatoms. The first-order valence-electron chi connectivity index (χ1n) is 12.4. The Kier molecular flexibility index (Phi) is 8.55. The molecule has 0 spiro atoms. The summed E-state index contributed by atoms with van der Waals surface area (Å²) in [6, 6.07) is 7.23. The van der Waals surface area contributed by atoms with Crippen molar-refractivity contribution in [3.05, 3.63) is 52.1 Å². The quantitative estimate of drug-likeness (QED) is 0.457. The van der Waals surface area contributed by atoms with E-state index >= 15 is 0 Å². The van der Waals surface area contributed by atoms with Gasteiger partial charge in [-0.15, -0.1) is 17.0 Å². The molecule has 2 aromatic rings. The lowest BCUT2D eigenvalue weighted by molar-refractivity contribution is -0.120. The van der Waals surface area contributed by atoms with Crippen molar-refractivity contribution in [1.82, 2.24) is 10.2 Å². The van der Waals surface area contributed by atoms with Crippen LogP contribution in [0.5, 0.6) is 11.5 Å². The summed E-state index contributed by atoms with van der Waals surface area (Å²) in [4.78, 5) is 40.9. The third kappa shape index (κ3) is 5.41. The minimum Gasteiger partial charge on any atom is -0.494 e. The number of ketones is 1. The molecule has 2 heterocycles. The van der Waals surface area contributed by atoms with Crippen molar-refractivity contribution >= 4 is 46.1 Å². The van der Waals surface area contributed by atoms with Gasteiger partial charge in [0.05, 0.1) is 31.9 Å². The van der Waals surface area contributed by atoms with Crippen LogP contribution in [0.1, 0.15) is 60.3 Å². The lowest BCUT2D eigenvalue weighted by atomic mass is 9.85. The number of hydrogen-bond donors (Lipinski definition) is 2. The van der Waals surface area contributed by atoms with Gasteiger partial charge in [0.1, 0.15) is 17.3 Å². The smallest absolute Gasteiger partial charge is 0.224 e. The second kappa shape index (κ2) is 11.1. The van der Waals surface area contributed by atoms with Crippen LogP contribution in [-0.4, -0.2) is 62.2 Å². The molecule has 0 atom stereocenters. The monoisotopic (exact) mass is 586 g/mol. The molecule has 0 fully saturated rings. The largest absolute Gasteiger partial charge is 0.494 e. The molecule has 2 N–H and O–H groups in total. The number of fused-ring (bicyclic) bond motifs is 2. The van der Waals surface area contributed by atoms with Crippen LogP contribution in [0.15, 0.2) is 24.3 Å². The van der Waals surface area contributed by atoms with Crippen molar-refractivity contribution in [2.45, 2.75) is 46.1 Å². The summed E-state index contributed by atoms with van der Waals surface area (Å²) in [6.07, 6.45) is 0.144. The van der Waals surface area contributed by atoms with E-state index in [-0.39, 0.29) is 58.8 Å². The number of amidine groups is 1. The van der Waals surface area contributed by atoms with Crippen LogP contribution in [0, 0.1) is 5.41 Å². The maximum atomic E-state index is 13.5. The average Bonchev–Trinajstić information content (AvgIpc) is 3.33. The van der Waals surface area contributed by atoms with E-state index in [0.29, 0.717) is 53.6 Å². The normalized spacial score (nSPS) is 14.7. The maximum absolute atomic E-state index is 13.5. The third-order valence-corrected chi connectivity index (χ3v) is 7.01. The Morgan fingerprint density at radius 1 is 1.21 bits per heavy atom.